The van der Waals surface area contributed by atoms with E-state index in [1.54, 1.807) is 4.90 Å². The number of hydrogen-bond acceptors (Lipinski definition) is 2. The van der Waals surface area contributed by atoms with Gasteiger partial charge in [0, 0.05) is 19.0 Å². The van der Waals surface area contributed by atoms with Crippen molar-refractivity contribution in [1.82, 2.24) is 4.90 Å². The largest absolute Gasteiger partial charge is 0.342 e. The fourth-order valence-electron chi connectivity index (χ4n) is 1.01. The molecular weight excluding hydrogens is 176 g/mol. The molecule has 0 unspecified atom stereocenters. The molecule has 0 saturated heterocycles. The molecule has 0 spiro atoms. The number of nitrogens with zero attached hydrogens (tertiary/aromatic N) is 1. The zero-order chi connectivity index (χ0) is 9.56. The van der Waals surface area contributed by atoms with Crippen LogP contribution in [0.3, 0.4) is 0 Å². The number of carbonyl (C=O) groups excluding carboxylic acids is 1. The highest BCUT2D eigenvalue weighted by Crippen LogP contribution is 1.98. The summed E-state index contributed by atoms with van der Waals surface area (Å²) in [5, 5.41) is 0. The Bertz CT molecular complexity index is 137. The van der Waals surface area contributed by atoms with Gasteiger partial charge in [-0.15, -0.1) is 11.6 Å². The van der Waals surface area contributed by atoms with Crippen LogP contribution in [0.2, 0.25) is 0 Å². The average Bonchev–Trinajstić information content (AvgIpc) is 2.07. The van der Waals surface area contributed by atoms with Crippen molar-refractivity contribution in [2.75, 3.05) is 19.0 Å². The molecule has 0 rings (SSSR count). The molecule has 0 aromatic heterocycles. The van der Waals surface area contributed by atoms with Crippen LogP contribution in [-0.4, -0.2) is 35.8 Å². The van der Waals surface area contributed by atoms with Crippen LogP contribution in [0.1, 0.15) is 20.3 Å². The van der Waals surface area contributed by atoms with Gasteiger partial charge in [-0.1, -0.05) is 0 Å². The van der Waals surface area contributed by atoms with E-state index in [0.717, 1.165) is 0 Å². The van der Waals surface area contributed by atoms with E-state index in [2.05, 4.69) is 0 Å². The summed E-state index contributed by atoms with van der Waals surface area (Å²) in [6, 6.07) is -0.428. The van der Waals surface area contributed by atoms with Gasteiger partial charge in [-0.05, 0) is 20.3 Å². The lowest BCUT2D eigenvalue weighted by Crippen LogP contribution is -2.43. The van der Waals surface area contributed by atoms with E-state index < -0.39 is 6.04 Å². The highest BCUT2D eigenvalue weighted by atomic mass is 35.5. The van der Waals surface area contributed by atoms with E-state index in [4.69, 9.17) is 17.3 Å². The third-order valence-electron chi connectivity index (χ3n) is 1.81. The van der Waals surface area contributed by atoms with Gasteiger partial charge in [0.25, 0.3) is 0 Å². The van der Waals surface area contributed by atoms with Crippen molar-refractivity contribution in [1.29, 1.82) is 0 Å². The number of halogens is 1. The van der Waals surface area contributed by atoms with Crippen LogP contribution in [0.25, 0.3) is 0 Å². The fourth-order valence-corrected chi connectivity index (χ4v) is 1.25. The molecule has 0 bridgehead atoms. The Morgan fingerprint density at radius 3 is 2.33 bits per heavy atom. The second kappa shape index (κ2) is 6.26. The zero-order valence-corrected chi connectivity index (χ0v) is 8.47. The molecule has 72 valence electrons. The number of carbonyl (C=O) groups is 1. The topological polar surface area (TPSA) is 46.3 Å². The SMILES string of the molecule is CCN(CC)C(=O)[C@@H](N)CCCl. The molecule has 3 nitrogen and oxygen atoms in total. The molecule has 0 saturated carbocycles. The summed E-state index contributed by atoms with van der Waals surface area (Å²) in [5.74, 6) is 0.439. The van der Waals surface area contributed by atoms with Crippen LogP contribution in [0.5, 0.6) is 0 Å². The first-order chi connectivity index (χ1) is 5.67. The summed E-state index contributed by atoms with van der Waals surface area (Å²) >= 11 is 5.48. The zero-order valence-electron chi connectivity index (χ0n) is 7.72. The Morgan fingerprint density at radius 1 is 1.50 bits per heavy atom. The number of hydrogen-bond donors (Lipinski definition) is 1. The summed E-state index contributed by atoms with van der Waals surface area (Å²) < 4.78 is 0. The molecule has 2 N–H and O–H groups in total. The Labute approximate surface area is 78.9 Å². The molecule has 0 aliphatic rings. The molecule has 0 heterocycles. The predicted octanol–water partition coefficient (Wildman–Crippen LogP) is 0.811. The van der Waals surface area contributed by atoms with Crippen LogP contribution >= 0.6 is 11.6 Å². The lowest BCUT2D eigenvalue weighted by atomic mass is 10.2. The molecule has 1 atom stereocenters. The van der Waals surface area contributed by atoms with Crippen molar-refractivity contribution < 1.29 is 4.79 Å². The number of rotatable bonds is 5. The summed E-state index contributed by atoms with van der Waals surface area (Å²) in [4.78, 5) is 13.2. The molecule has 1 amide bonds. The van der Waals surface area contributed by atoms with Gasteiger partial charge in [-0.3, -0.25) is 4.79 Å². The van der Waals surface area contributed by atoms with Gasteiger partial charge in [0.1, 0.15) is 0 Å². The fraction of sp³-hybridized carbons (Fsp3) is 0.875. The summed E-state index contributed by atoms with van der Waals surface area (Å²) in [7, 11) is 0. The van der Waals surface area contributed by atoms with Crippen molar-refractivity contribution in [3.05, 3.63) is 0 Å². The Balaban J connectivity index is 3.97. The van der Waals surface area contributed by atoms with Crippen LogP contribution in [-0.2, 0) is 4.79 Å². The maximum atomic E-state index is 11.4. The van der Waals surface area contributed by atoms with Crippen molar-refractivity contribution in [2.45, 2.75) is 26.3 Å². The Morgan fingerprint density at radius 2 is 2.00 bits per heavy atom. The molecule has 0 aromatic carbocycles. The third kappa shape index (κ3) is 3.41. The second-order valence-corrected chi connectivity index (χ2v) is 2.97. The van der Waals surface area contributed by atoms with Crippen molar-refractivity contribution in [3.8, 4) is 0 Å². The summed E-state index contributed by atoms with van der Waals surface area (Å²) in [6.07, 6.45) is 0.552. The molecule has 4 heteroatoms. The normalized spacial score (nSPS) is 12.7. The molecule has 0 fully saturated rings. The van der Waals surface area contributed by atoms with Gasteiger partial charge in [-0.25, -0.2) is 0 Å². The van der Waals surface area contributed by atoms with Gasteiger partial charge in [0.2, 0.25) is 5.91 Å². The molecule has 0 aliphatic heterocycles. The number of nitrogens with two attached hydrogens (primary N) is 1. The molecule has 12 heavy (non-hydrogen) atoms. The highest BCUT2D eigenvalue weighted by Gasteiger charge is 2.17. The van der Waals surface area contributed by atoms with Gasteiger partial charge < -0.3 is 10.6 Å². The smallest absolute Gasteiger partial charge is 0.239 e. The number of likely N-dealkylation sites (N-methyl/N-ethyl adjacent to an activating group) is 1. The van der Waals surface area contributed by atoms with Gasteiger partial charge in [0.05, 0.1) is 6.04 Å². The Hall–Kier alpha value is -0.280. The maximum Gasteiger partial charge on any atom is 0.239 e. The number of amides is 1. The van der Waals surface area contributed by atoms with Gasteiger partial charge in [0.15, 0.2) is 0 Å². The molecule has 0 aromatic rings. The van der Waals surface area contributed by atoms with Crippen molar-refractivity contribution >= 4 is 17.5 Å². The quantitative estimate of drug-likeness (QED) is 0.656. The minimum Gasteiger partial charge on any atom is -0.342 e. The maximum absolute atomic E-state index is 11.4. The second-order valence-electron chi connectivity index (χ2n) is 2.59. The lowest BCUT2D eigenvalue weighted by molar-refractivity contribution is -0.132. The van der Waals surface area contributed by atoms with E-state index in [1.807, 2.05) is 13.8 Å². The first kappa shape index (κ1) is 11.7. The lowest BCUT2D eigenvalue weighted by Gasteiger charge is -2.22. The van der Waals surface area contributed by atoms with Gasteiger partial charge in [-0.2, -0.15) is 0 Å². The van der Waals surface area contributed by atoms with Crippen LogP contribution in [0.15, 0.2) is 0 Å². The molecule has 0 radical (unpaired) electrons. The average molecular weight is 193 g/mol. The first-order valence-electron chi connectivity index (χ1n) is 4.27. The summed E-state index contributed by atoms with van der Waals surface area (Å²) in [6.45, 7) is 5.31. The van der Waals surface area contributed by atoms with Crippen LogP contribution in [0, 0.1) is 0 Å². The van der Waals surface area contributed by atoms with E-state index >= 15 is 0 Å². The van der Waals surface area contributed by atoms with E-state index in [9.17, 15) is 4.79 Å². The van der Waals surface area contributed by atoms with E-state index in [-0.39, 0.29) is 5.91 Å². The minimum atomic E-state index is -0.428. The molecular formula is C8H17ClN2O. The minimum absolute atomic E-state index is 0.000602. The monoisotopic (exact) mass is 192 g/mol. The molecule has 0 aliphatic carbocycles. The first-order valence-corrected chi connectivity index (χ1v) is 4.81. The van der Waals surface area contributed by atoms with Crippen LogP contribution in [0.4, 0.5) is 0 Å². The number of alkyl halides is 1. The Kier molecular flexibility index (Phi) is 6.11. The van der Waals surface area contributed by atoms with E-state index in [0.29, 0.717) is 25.4 Å². The van der Waals surface area contributed by atoms with E-state index in [1.165, 1.54) is 0 Å². The van der Waals surface area contributed by atoms with Gasteiger partial charge >= 0.3 is 0 Å². The standard InChI is InChI=1S/C8H17ClN2O/c1-3-11(4-2)8(12)7(10)5-6-9/h7H,3-6,10H2,1-2H3/t7-/m0/s1. The summed E-state index contributed by atoms with van der Waals surface area (Å²) in [5.41, 5.74) is 5.60. The van der Waals surface area contributed by atoms with Crippen molar-refractivity contribution in [3.63, 3.8) is 0 Å². The third-order valence-corrected chi connectivity index (χ3v) is 2.03. The van der Waals surface area contributed by atoms with Crippen molar-refractivity contribution in [2.24, 2.45) is 5.73 Å². The predicted molar refractivity (Wildman–Crippen MR) is 51.2 cm³/mol. The van der Waals surface area contributed by atoms with Crippen LogP contribution < -0.4 is 5.73 Å². The highest BCUT2D eigenvalue weighted by molar-refractivity contribution is 6.18.